The minimum atomic E-state index is -4.00. The summed E-state index contributed by atoms with van der Waals surface area (Å²) in [5, 5.41) is 3.95. The van der Waals surface area contributed by atoms with E-state index in [4.69, 9.17) is 9.47 Å². The van der Waals surface area contributed by atoms with Gasteiger partial charge in [0.2, 0.25) is 0 Å². The Balaban J connectivity index is 1.44. The van der Waals surface area contributed by atoms with Gasteiger partial charge in [0.05, 0.1) is 31.1 Å². The Morgan fingerprint density at radius 3 is 2.47 bits per heavy atom. The van der Waals surface area contributed by atoms with E-state index in [1.807, 2.05) is 36.4 Å². The number of carbonyl (C=O) groups is 1. The number of nitrogens with zero attached hydrogens (tertiary/aromatic N) is 2. The van der Waals surface area contributed by atoms with Gasteiger partial charge in [-0.1, -0.05) is 54.3 Å². The lowest BCUT2D eigenvalue weighted by molar-refractivity contribution is 0.0595. The van der Waals surface area contributed by atoms with Crippen LogP contribution in [0.3, 0.4) is 0 Å². The van der Waals surface area contributed by atoms with Crippen molar-refractivity contribution in [3.05, 3.63) is 119 Å². The molecule has 0 saturated carbocycles. The Hall–Kier alpha value is -5.40. The zero-order valence-electron chi connectivity index (χ0n) is 23.7. The molecule has 0 bridgehead atoms. The number of aryl methyl sites for hydroxylation is 1. The number of anilines is 2. The smallest absolute Gasteiger partial charge is 0.358 e. The summed E-state index contributed by atoms with van der Waals surface area (Å²) in [5.74, 6) is 6.23. The van der Waals surface area contributed by atoms with Crippen molar-refractivity contribution in [1.82, 2.24) is 9.97 Å². The van der Waals surface area contributed by atoms with Crippen LogP contribution in [0.4, 0.5) is 11.4 Å². The van der Waals surface area contributed by atoms with E-state index in [9.17, 15) is 13.2 Å². The van der Waals surface area contributed by atoms with Crippen LogP contribution in [0.1, 0.15) is 32.7 Å². The van der Waals surface area contributed by atoms with Gasteiger partial charge in [0, 0.05) is 35.5 Å². The molecule has 2 heterocycles. The molecule has 5 aromatic rings. The normalized spacial score (nSPS) is 10.9. The first kappa shape index (κ1) is 29.1. The van der Waals surface area contributed by atoms with Crippen molar-refractivity contribution in [2.24, 2.45) is 0 Å². The molecule has 0 amide bonds. The fraction of sp³-hybridized carbons (Fsp3) is 0.121. The molecular formula is C33H28N4O5S. The summed E-state index contributed by atoms with van der Waals surface area (Å²) in [7, 11) is -1.11. The molecule has 0 aliphatic rings. The van der Waals surface area contributed by atoms with Crippen molar-refractivity contribution in [2.45, 2.75) is 18.4 Å². The highest BCUT2D eigenvalue weighted by Gasteiger charge is 2.22. The van der Waals surface area contributed by atoms with Gasteiger partial charge in [-0.25, -0.2) is 18.2 Å². The third-order valence-corrected chi connectivity index (χ3v) is 8.16. The summed E-state index contributed by atoms with van der Waals surface area (Å²) in [6.45, 7) is 2.15. The largest absolute Gasteiger partial charge is 0.497 e. The number of ether oxygens (including phenoxy) is 2. The van der Waals surface area contributed by atoms with Gasteiger partial charge < -0.3 is 14.8 Å². The van der Waals surface area contributed by atoms with Crippen LogP contribution in [0, 0.1) is 18.8 Å². The lowest BCUT2D eigenvalue weighted by Crippen LogP contribution is -2.16. The third kappa shape index (κ3) is 6.58. The number of para-hydroxylation sites is 1. The maximum absolute atomic E-state index is 13.6. The summed E-state index contributed by atoms with van der Waals surface area (Å²) in [6, 6.07) is 23.3. The second-order valence-electron chi connectivity index (χ2n) is 9.50. The van der Waals surface area contributed by atoms with E-state index >= 15 is 0 Å². The van der Waals surface area contributed by atoms with Gasteiger partial charge in [-0.15, -0.1) is 0 Å². The molecule has 0 fully saturated rings. The molecule has 0 unspecified atom stereocenters. The van der Waals surface area contributed by atoms with Gasteiger partial charge in [0.15, 0.2) is 5.69 Å². The Morgan fingerprint density at radius 2 is 1.70 bits per heavy atom. The Kier molecular flexibility index (Phi) is 8.55. The zero-order chi connectivity index (χ0) is 30.4. The first-order valence-electron chi connectivity index (χ1n) is 13.2. The number of carbonyl (C=O) groups excluding carboxylic acids is 1. The average molecular weight is 593 g/mol. The molecule has 0 saturated heterocycles. The van der Waals surface area contributed by atoms with Gasteiger partial charge >= 0.3 is 5.97 Å². The summed E-state index contributed by atoms with van der Waals surface area (Å²) in [4.78, 5) is 21.1. The standard InChI is InChI=1S/C33H28N4O5S/c1-22-10-14-26-8-6-18-34-30(26)32(22)43(39,40)37-28-9-5-4-7-25(28)15-11-24-19-29(31(36-21-24)33(38)42-3)35-20-23-12-16-27(41-2)17-13-23/h4-10,12-14,16-19,21,35,37H,20H2,1-3H3. The SMILES string of the molecule is COC(=O)c1ncc(C#Cc2ccccc2NS(=O)(=O)c2c(C)ccc3cccnc23)cc1NCc1ccc(OC)cc1. The first-order chi connectivity index (χ1) is 20.8. The van der Waals surface area contributed by atoms with E-state index in [1.54, 1.807) is 62.7 Å². The maximum Gasteiger partial charge on any atom is 0.358 e. The number of benzene rings is 3. The van der Waals surface area contributed by atoms with Crippen LogP contribution in [0.2, 0.25) is 0 Å². The topological polar surface area (TPSA) is 120 Å². The first-order valence-corrected chi connectivity index (χ1v) is 14.7. The van der Waals surface area contributed by atoms with Crippen molar-refractivity contribution >= 4 is 38.3 Å². The van der Waals surface area contributed by atoms with E-state index in [0.29, 0.717) is 40.1 Å². The minimum absolute atomic E-state index is 0.114. The molecule has 216 valence electrons. The van der Waals surface area contributed by atoms with Gasteiger partial charge in [0.25, 0.3) is 10.0 Å². The van der Waals surface area contributed by atoms with Crippen molar-refractivity contribution in [3.63, 3.8) is 0 Å². The zero-order valence-corrected chi connectivity index (χ0v) is 24.5. The summed E-state index contributed by atoms with van der Waals surface area (Å²) in [5.41, 5.74) is 3.79. The van der Waals surface area contributed by atoms with E-state index < -0.39 is 16.0 Å². The second-order valence-corrected chi connectivity index (χ2v) is 11.1. The highest BCUT2D eigenvalue weighted by Crippen LogP contribution is 2.28. The number of rotatable bonds is 8. The number of sulfonamides is 1. The molecule has 0 spiro atoms. The van der Waals surface area contributed by atoms with Gasteiger partial charge in [-0.2, -0.15) is 0 Å². The van der Waals surface area contributed by atoms with Crippen molar-refractivity contribution in [2.75, 3.05) is 24.3 Å². The van der Waals surface area contributed by atoms with Crippen molar-refractivity contribution in [3.8, 4) is 17.6 Å². The molecule has 5 rings (SSSR count). The van der Waals surface area contributed by atoms with Crippen LogP contribution in [-0.2, 0) is 21.3 Å². The lowest BCUT2D eigenvalue weighted by Gasteiger charge is -2.13. The predicted molar refractivity (Wildman–Crippen MR) is 166 cm³/mol. The van der Waals surface area contributed by atoms with Crippen LogP contribution in [0.15, 0.2) is 96.2 Å². The highest BCUT2D eigenvalue weighted by atomic mass is 32.2. The number of aromatic nitrogens is 2. The Labute approximate surface area is 250 Å². The molecular weight excluding hydrogens is 564 g/mol. The fourth-order valence-corrected chi connectivity index (χ4v) is 5.93. The molecule has 43 heavy (non-hydrogen) atoms. The molecule has 2 aromatic heterocycles. The number of fused-ring (bicyclic) bond motifs is 1. The van der Waals surface area contributed by atoms with Gasteiger partial charge in [-0.05, 0) is 54.4 Å². The number of hydrogen-bond acceptors (Lipinski definition) is 8. The van der Waals surface area contributed by atoms with Gasteiger partial charge in [0.1, 0.15) is 10.6 Å². The third-order valence-electron chi connectivity index (χ3n) is 6.62. The fourth-order valence-electron chi connectivity index (χ4n) is 4.44. The van der Waals surface area contributed by atoms with Crippen LogP contribution in [-0.4, -0.2) is 38.6 Å². The average Bonchev–Trinajstić information content (AvgIpc) is 3.02. The predicted octanol–water partition coefficient (Wildman–Crippen LogP) is 5.55. The van der Waals surface area contributed by atoms with Crippen LogP contribution in [0.25, 0.3) is 10.9 Å². The highest BCUT2D eigenvalue weighted by molar-refractivity contribution is 7.93. The number of hydrogen-bond donors (Lipinski definition) is 2. The molecule has 9 nitrogen and oxygen atoms in total. The lowest BCUT2D eigenvalue weighted by atomic mass is 10.1. The number of methoxy groups -OCH3 is 2. The van der Waals surface area contributed by atoms with E-state index in [0.717, 1.165) is 16.7 Å². The van der Waals surface area contributed by atoms with Crippen molar-refractivity contribution < 1.29 is 22.7 Å². The number of esters is 1. The van der Waals surface area contributed by atoms with Crippen LogP contribution in [0.5, 0.6) is 5.75 Å². The maximum atomic E-state index is 13.6. The molecule has 0 atom stereocenters. The molecule has 0 radical (unpaired) electrons. The number of nitrogens with one attached hydrogen (secondary N) is 2. The summed E-state index contributed by atoms with van der Waals surface area (Å²) >= 11 is 0. The molecule has 0 aliphatic carbocycles. The molecule has 3 aromatic carbocycles. The monoisotopic (exact) mass is 592 g/mol. The van der Waals surface area contributed by atoms with E-state index in [1.165, 1.54) is 13.3 Å². The van der Waals surface area contributed by atoms with Crippen LogP contribution >= 0.6 is 0 Å². The van der Waals surface area contributed by atoms with Crippen LogP contribution < -0.4 is 14.8 Å². The van der Waals surface area contributed by atoms with E-state index in [-0.39, 0.29) is 10.6 Å². The Morgan fingerprint density at radius 1 is 0.907 bits per heavy atom. The molecule has 10 heteroatoms. The molecule has 0 aliphatic heterocycles. The molecule has 2 N–H and O–H groups in total. The van der Waals surface area contributed by atoms with Crippen molar-refractivity contribution in [1.29, 1.82) is 0 Å². The summed E-state index contributed by atoms with van der Waals surface area (Å²) in [6.07, 6.45) is 3.04. The minimum Gasteiger partial charge on any atom is -0.497 e. The van der Waals surface area contributed by atoms with E-state index in [2.05, 4.69) is 31.8 Å². The number of pyridine rings is 2. The van der Waals surface area contributed by atoms with Gasteiger partial charge in [-0.3, -0.25) is 9.71 Å². The second kappa shape index (κ2) is 12.6. The quantitative estimate of drug-likeness (QED) is 0.178. The Bertz CT molecular complexity index is 1980. The summed E-state index contributed by atoms with van der Waals surface area (Å²) < 4.78 is 40.0.